The van der Waals surface area contributed by atoms with Crippen LogP contribution in [0.3, 0.4) is 0 Å². The van der Waals surface area contributed by atoms with E-state index < -0.39 is 0 Å². The monoisotopic (exact) mass is 168 g/mol. The van der Waals surface area contributed by atoms with Gasteiger partial charge in [-0.15, -0.1) is 0 Å². The van der Waals surface area contributed by atoms with Gasteiger partial charge in [0, 0.05) is 0 Å². The summed E-state index contributed by atoms with van der Waals surface area (Å²) < 4.78 is 0. The number of allylic oxidation sites excluding steroid dienone is 3. The Morgan fingerprint density at radius 3 is 2.50 bits per heavy atom. The zero-order chi connectivity index (χ0) is 9.56. The minimum Gasteiger partial charge on any atom is -0.516 e. The van der Waals surface area contributed by atoms with Gasteiger partial charge in [-0.1, -0.05) is 17.8 Å². The molecule has 0 radical (unpaired) electrons. The molecule has 0 saturated carbocycles. The fourth-order valence-electron chi connectivity index (χ4n) is 0.663. The van der Waals surface area contributed by atoms with Gasteiger partial charge in [-0.25, -0.2) is 0 Å². The van der Waals surface area contributed by atoms with Gasteiger partial charge >= 0.3 is 0 Å². The van der Waals surface area contributed by atoms with E-state index in [4.69, 9.17) is 16.0 Å². The summed E-state index contributed by atoms with van der Waals surface area (Å²) in [6, 6.07) is 0. The third kappa shape index (κ3) is 2.92. The molecule has 0 aliphatic rings. The molecule has 0 heterocycles. The molecule has 0 fully saturated rings. The van der Waals surface area contributed by atoms with Crippen LogP contribution in [0.2, 0.25) is 0 Å². The molecule has 66 valence electrons. The van der Waals surface area contributed by atoms with Crippen molar-refractivity contribution in [2.75, 3.05) is 0 Å². The topological polar surface area (TPSA) is 78.8 Å². The third-order valence-electron chi connectivity index (χ3n) is 1.21. The number of aliphatic hydroxyl groups excluding tert-OH is 1. The molecule has 4 nitrogen and oxygen atoms in total. The van der Waals surface area contributed by atoms with E-state index in [1.807, 2.05) is 0 Å². The fourth-order valence-corrected chi connectivity index (χ4v) is 0.663. The maximum absolute atomic E-state index is 8.49. The smallest absolute Gasteiger partial charge is 0.127 e. The average Bonchev–Trinajstić information content (AvgIpc) is 2.01. The molecule has 0 unspecified atom stereocenters. The highest BCUT2D eigenvalue weighted by atomic mass is 16.4. The van der Waals surface area contributed by atoms with Gasteiger partial charge in [0.25, 0.3) is 0 Å². The molecule has 0 aromatic carbocycles. The van der Waals surface area contributed by atoms with Gasteiger partial charge in [0.2, 0.25) is 0 Å². The van der Waals surface area contributed by atoms with Crippen LogP contribution >= 0.6 is 0 Å². The lowest BCUT2D eigenvalue weighted by Crippen LogP contribution is -2.11. The Morgan fingerprint density at radius 1 is 1.58 bits per heavy atom. The quantitative estimate of drug-likeness (QED) is 0.195. The Hall–Kier alpha value is -1.71. The van der Waals surface area contributed by atoms with Crippen molar-refractivity contribution in [2.45, 2.75) is 6.92 Å². The van der Waals surface area contributed by atoms with Gasteiger partial charge in [-0.2, -0.15) is 0 Å². The maximum atomic E-state index is 8.49. The molecule has 4 heteroatoms. The van der Waals surface area contributed by atoms with Crippen LogP contribution in [0.15, 0.2) is 41.4 Å². The van der Waals surface area contributed by atoms with Crippen LogP contribution in [0.1, 0.15) is 6.92 Å². The van der Waals surface area contributed by atoms with Crippen molar-refractivity contribution >= 4 is 5.71 Å². The Labute approximate surface area is 71.0 Å². The summed E-state index contributed by atoms with van der Waals surface area (Å²) in [5.41, 5.74) is 6.32. The SMILES string of the molecule is C=C(N)C(=N\O)/C(C)=C/C=C\O. The van der Waals surface area contributed by atoms with E-state index in [1.54, 1.807) is 13.0 Å². The van der Waals surface area contributed by atoms with Crippen molar-refractivity contribution in [3.63, 3.8) is 0 Å². The number of aliphatic hydroxyl groups is 1. The zero-order valence-electron chi connectivity index (χ0n) is 6.86. The number of hydrogen-bond acceptors (Lipinski definition) is 4. The number of hydrogen-bond donors (Lipinski definition) is 3. The first kappa shape index (κ1) is 10.3. The first-order valence-corrected chi connectivity index (χ1v) is 3.28. The first-order chi connectivity index (χ1) is 5.63. The molecule has 0 bridgehead atoms. The molecule has 0 atom stereocenters. The molecular formula is C8H12N2O2. The molecule has 0 amide bonds. The van der Waals surface area contributed by atoms with Crippen LogP contribution in [-0.4, -0.2) is 16.0 Å². The summed E-state index contributed by atoms with van der Waals surface area (Å²) in [6.07, 6.45) is 3.81. The van der Waals surface area contributed by atoms with Crippen molar-refractivity contribution in [2.24, 2.45) is 10.9 Å². The lowest BCUT2D eigenvalue weighted by molar-refractivity contribution is 0.319. The fraction of sp³-hybridized carbons (Fsp3) is 0.125. The molecule has 0 aromatic rings. The van der Waals surface area contributed by atoms with Gasteiger partial charge in [-0.3, -0.25) is 0 Å². The highest BCUT2D eigenvalue weighted by Crippen LogP contribution is 2.01. The molecular weight excluding hydrogens is 156 g/mol. The van der Waals surface area contributed by atoms with Gasteiger partial charge in [0.1, 0.15) is 5.71 Å². The summed E-state index contributed by atoms with van der Waals surface area (Å²) in [4.78, 5) is 0. The van der Waals surface area contributed by atoms with Crippen LogP contribution in [0.4, 0.5) is 0 Å². The minimum atomic E-state index is 0.178. The van der Waals surface area contributed by atoms with Crippen LogP contribution in [-0.2, 0) is 0 Å². The van der Waals surface area contributed by atoms with E-state index in [2.05, 4.69) is 11.7 Å². The molecule has 0 aromatic heterocycles. The van der Waals surface area contributed by atoms with Crippen LogP contribution in [0, 0.1) is 0 Å². The van der Waals surface area contributed by atoms with E-state index in [0.29, 0.717) is 5.57 Å². The lowest BCUT2D eigenvalue weighted by Gasteiger charge is -2.01. The Bertz CT molecular complexity index is 252. The normalized spacial score (nSPS) is 13.8. The Kier molecular flexibility index (Phi) is 4.30. The zero-order valence-corrected chi connectivity index (χ0v) is 6.86. The van der Waals surface area contributed by atoms with Crippen molar-refractivity contribution in [1.29, 1.82) is 0 Å². The van der Waals surface area contributed by atoms with E-state index >= 15 is 0 Å². The molecule has 0 aliphatic heterocycles. The second kappa shape index (κ2) is 5.01. The Morgan fingerprint density at radius 2 is 2.17 bits per heavy atom. The van der Waals surface area contributed by atoms with Crippen molar-refractivity contribution < 1.29 is 10.3 Å². The number of oxime groups is 1. The molecule has 4 N–H and O–H groups in total. The van der Waals surface area contributed by atoms with Gasteiger partial charge in [0.15, 0.2) is 0 Å². The predicted molar refractivity (Wildman–Crippen MR) is 48.1 cm³/mol. The van der Waals surface area contributed by atoms with Crippen LogP contribution in [0.25, 0.3) is 0 Å². The van der Waals surface area contributed by atoms with E-state index in [9.17, 15) is 0 Å². The van der Waals surface area contributed by atoms with Gasteiger partial charge < -0.3 is 16.0 Å². The van der Waals surface area contributed by atoms with Crippen molar-refractivity contribution in [3.05, 3.63) is 36.3 Å². The van der Waals surface area contributed by atoms with Gasteiger partial charge in [-0.05, 0) is 18.6 Å². The van der Waals surface area contributed by atoms with Crippen molar-refractivity contribution in [1.82, 2.24) is 0 Å². The van der Waals surface area contributed by atoms with Crippen molar-refractivity contribution in [3.8, 4) is 0 Å². The third-order valence-corrected chi connectivity index (χ3v) is 1.21. The highest BCUT2D eigenvalue weighted by molar-refractivity contribution is 6.10. The first-order valence-electron chi connectivity index (χ1n) is 3.28. The van der Waals surface area contributed by atoms with Gasteiger partial charge in [0.05, 0.1) is 12.0 Å². The summed E-state index contributed by atoms with van der Waals surface area (Å²) in [7, 11) is 0. The van der Waals surface area contributed by atoms with E-state index in [1.165, 1.54) is 6.08 Å². The minimum absolute atomic E-state index is 0.178. The standard InChI is InChI=1S/C8H12N2O2/c1-6(4-3-5-11)8(10-12)7(2)9/h3-5,11-12H,2,9H2,1H3/b5-3-,6-4+,10-8-. The summed E-state index contributed by atoms with van der Waals surface area (Å²) in [6.45, 7) is 5.10. The largest absolute Gasteiger partial charge is 0.516 e. The number of rotatable bonds is 3. The molecule has 0 aliphatic carbocycles. The maximum Gasteiger partial charge on any atom is 0.127 e. The van der Waals surface area contributed by atoms with E-state index in [-0.39, 0.29) is 11.4 Å². The molecule has 12 heavy (non-hydrogen) atoms. The number of nitrogens with two attached hydrogens (primary N) is 1. The Balaban J connectivity index is 4.66. The highest BCUT2D eigenvalue weighted by Gasteiger charge is 2.02. The average molecular weight is 168 g/mol. The lowest BCUT2D eigenvalue weighted by atomic mass is 10.1. The van der Waals surface area contributed by atoms with E-state index in [0.717, 1.165) is 6.26 Å². The second-order valence-electron chi connectivity index (χ2n) is 2.17. The predicted octanol–water partition coefficient (Wildman–Crippen LogP) is 1.31. The summed E-state index contributed by atoms with van der Waals surface area (Å²) in [5, 5.41) is 19.8. The molecule has 0 spiro atoms. The number of nitrogens with zero attached hydrogens (tertiary/aromatic N) is 1. The molecule has 0 rings (SSSR count). The second-order valence-corrected chi connectivity index (χ2v) is 2.17. The summed E-state index contributed by atoms with van der Waals surface area (Å²) >= 11 is 0. The summed E-state index contributed by atoms with van der Waals surface area (Å²) in [5.74, 6) is 0. The van der Waals surface area contributed by atoms with Crippen LogP contribution in [0.5, 0.6) is 0 Å². The molecule has 0 saturated heterocycles. The van der Waals surface area contributed by atoms with Crippen LogP contribution < -0.4 is 5.73 Å².